The molecule has 3 N–H and O–H groups in total. The molecule has 3 rings (SSSR count). The van der Waals surface area contributed by atoms with Crippen LogP contribution in [0.25, 0.3) is 0 Å². The number of pyridine rings is 1. The van der Waals surface area contributed by atoms with Crippen LogP contribution < -0.4 is 5.56 Å². The largest absolute Gasteiger partial charge is 0.391 e. The lowest BCUT2D eigenvalue weighted by Crippen LogP contribution is -2.34. The second-order valence-electron chi connectivity index (χ2n) is 6.62. The Morgan fingerprint density at radius 3 is 2.67 bits per heavy atom. The van der Waals surface area contributed by atoms with Gasteiger partial charge in [0.2, 0.25) is 0 Å². The van der Waals surface area contributed by atoms with Gasteiger partial charge in [0.25, 0.3) is 11.5 Å². The number of likely N-dealkylation sites (tertiary alicyclic amines) is 1. The first-order valence-electron chi connectivity index (χ1n) is 8.04. The van der Waals surface area contributed by atoms with E-state index < -0.39 is 6.10 Å². The van der Waals surface area contributed by atoms with E-state index in [2.05, 4.69) is 15.2 Å². The summed E-state index contributed by atoms with van der Waals surface area (Å²) in [4.78, 5) is 29.1. The number of amides is 1. The minimum absolute atomic E-state index is 0.0820. The molecule has 0 aromatic carbocycles. The van der Waals surface area contributed by atoms with E-state index in [0.717, 1.165) is 17.1 Å². The Hall–Kier alpha value is -2.41. The molecule has 1 aliphatic heterocycles. The number of aliphatic hydroxyl groups excluding tert-OH is 1. The molecule has 128 valence electrons. The van der Waals surface area contributed by atoms with Gasteiger partial charge in [0.05, 0.1) is 11.8 Å². The van der Waals surface area contributed by atoms with E-state index in [1.165, 1.54) is 0 Å². The molecule has 2 aromatic heterocycles. The van der Waals surface area contributed by atoms with Gasteiger partial charge >= 0.3 is 0 Å². The van der Waals surface area contributed by atoms with Crippen LogP contribution in [0.5, 0.6) is 0 Å². The molecule has 1 amide bonds. The van der Waals surface area contributed by atoms with Crippen molar-refractivity contribution in [1.82, 2.24) is 20.1 Å². The number of aryl methyl sites for hydroxylation is 3. The molecular weight excluding hydrogens is 308 g/mol. The van der Waals surface area contributed by atoms with Crippen molar-refractivity contribution >= 4 is 5.91 Å². The smallest absolute Gasteiger partial charge is 0.261 e. The zero-order valence-electron chi connectivity index (χ0n) is 14.1. The molecular formula is C17H22N4O3. The number of carbonyl (C=O) groups excluding carboxylic acids is 1. The first kappa shape index (κ1) is 16.4. The number of rotatable bonds is 3. The van der Waals surface area contributed by atoms with Crippen molar-refractivity contribution in [3.63, 3.8) is 0 Å². The van der Waals surface area contributed by atoms with Crippen LogP contribution in [0.4, 0.5) is 0 Å². The van der Waals surface area contributed by atoms with Crippen LogP contribution in [0.1, 0.15) is 33.0 Å². The van der Waals surface area contributed by atoms with Crippen molar-refractivity contribution < 1.29 is 9.90 Å². The number of β-amino-alcohol motifs (C(OH)–C–C–N with tert-alkyl or cyclic N) is 1. The zero-order valence-corrected chi connectivity index (χ0v) is 14.1. The van der Waals surface area contributed by atoms with Crippen molar-refractivity contribution in [1.29, 1.82) is 0 Å². The van der Waals surface area contributed by atoms with E-state index >= 15 is 0 Å². The normalized spacial score (nSPS) is 20.6. The summed E-state index contributed by atoms with van der Waals surface area (Å²) in [5, 5.41) is 17.4. The summed E-state index contributed by atoms with van der Waals surface area (Å²) in [6.45, 7) is 6.11. The van der Waals surface area contributed by atoms with Gasteiger partial charge in [0.1, 0.15) is 5.56 Å². The van der Waals surface area contributed by atoms with E-state index in [-0.39, 0.29) is 29.5 Å². The predicted molar refractivity (Wildman–Crippen MR) is 89.0 cm³/mol. The molecule has 0 radical (unpaired) electrons. The van der Waals surface area contributed by atoms with E-state index in [0.29, 0.717) is 18.5 Å². The first-order valence-corrected chi connectivity index (χ1v) is 8.04. The summed E-state index contributed by atoms with van der Waals surface area (Å²) in [5.74, 6) is -0.407. The molecule has 3 heterocycles. The number of aliphatic hydroxyl groups is 1. The number of H-pyrrole nitrogens is 2. The summed E-state index contributed by atoms with van der Waals surface area (Å²) >= 11 is 0. The van der Waals surface area contributed by atoms with Crippen LogP contribution in [0.15, 0.2) is 16.9 Å². The lowest BCUT2D eigenvalue weighted by Gasteiger charge is -2.17. The van der Waals surface area contributed by atoms with Gasteiger partial charge in [-0.2, -0.15) is 5.10 Å². The number of nitrogens with zero attached hydrogens (tertiary/aromatic N) is 2. The molecule has 2 atom stereocenters. The Morgan fingerprint density at radius 1 is 1.29 bits per heavy atom. The first-order chi connectivity index (χ1) is 11.3. The Bertz CT molecular complexity index is 823. The highest BCUT2D eigenvalue weighted by molar-refractivity contribution is 5.95. The number of aromatic nitrogens is 3. The van der Waals surface area contributed by atoms with Gasteiger partial charge in [0, 0.05) is 30.4 Å². The average molecular weight is 330 g/mol. The SMILES string of the molecule is Cc1cc(C[C@@H]2CN(C(=O)c3c(C)cc(C)[nH]c3=O)C[C@@H]2O)n[nH]1. The minimum Gasteiger partial charge on any atom is -0.391 e. The van der Waals surface area contributed by atoms with Gasteiger partial charge in [-0.1, -0.05) is 0 Å². The van der Waals surface area contributed by atoms with E-state index in [1.807, 2.05) is 13.0 Å². The number of carbonyl (C=O) groups is 1. The van der Waals surface area contributed by atoms with Crippen LogP contribution >= 0.6 is 0 Å². The highest BCUT2D eigenvalue weighted by Gasteiger charge is 2.35. The molecule has 0 unspecified atom stereocenters. The monoisotopic (exact) mass is 330 g/mol. The molecule has 1 aliphatic rings. The Labute approximate surface area is 139 Å². The van der Waals surface area contributed by atoms with Gasteiger partial charge in [-0.25, -0.2) is 0 Å². The second kappa shape index (κ2) is 6.24. The summed E-state index contributed by atoms with van der Waals surface area (Å²) < 4.78 is 0. The third-order valence-corrected chi connectivity index (χ3v) is 4.50. The maximum Gasteiger partial charge on any atom is 0.261 e. The molecule has 0 saturated carbocycles. The molecule has 7 heteroatoms. The van der Waals surface area contributed by atoms with Crippen molar-refractivity contribution in [2.45, 2.75) is 33.3 Å². The zero-order chi connectivity index (χ0) is 17.4. The van der Waals surface area contributed by atoms with Gasteiger partial charge in [-0.15, -0.1) is 0 Å². The van der Waals surface area contributed by atoms with E-state index in [4.69, 9.17) is 0 Å². The van der Waals surface area contributed by atoms with Crippen LogP contribution in [-0.4, -0.2) is 50.3 Å². The molecule has 7 nitrogen and oxygen atoms in total. The topological polar surface area (TPSA) is 102 Å². The van der Waals surface area contributed by atoms with Crippen molar-refractivity contribution in [2.75, 3.05) is 13.1 Å². The molecule has 0 spiro atoms. The highest BCUT2D eigenvalue weighted by atomic mass is 16.3. The van der Waals surface area contributed by atoms with Gasteiger partial charge < -0.3 is 15.0 Å². The van der Waals surface area contributed by atoms with Crippen LogP contribution in [-0.2, 0) is 6.42 Å². The molecule has 1 fully saturated rings. The summed E-state index contributed by atoms with van der Waals surface area (Å²) in [5.41, 5.74) is 2.99. The molecule has 24 heavy (non-hydrogen) atoms. The number of aromatic amines is 2. The Kier molecular flexibility index (Phi) is 4.28. The Balaban J connectivity index is 1.77. The van der Waals surface area contributed by atoms with Crippen molar-refractivity contribution in [3.8, 4) is 0 Å². The lowest BCUT2D eigenvalue weighted by molar-refractivity contribution is 0.0762. The van der Waals surface area contributed by atoms with Gasteiger partial charge in [-0.3, -0.25) is 14.7 Å². The lowest BCUT2D eigenvalue weighted by atomic mass is 10.00. The van der Waals surface area contributed by atoms with Crippen LogP contribution in [0.3, 0.4) is 0 Å². The quantitative estimate of drug-likeness (QED) is 0.771. The maximum absolute atomic E-state index is 12.7. The summed E-state index contributed by atoms with van der Waals surface area (Å²) in [7, 11) is 0. The Morgan fingerprint density at radius 2 is 2.04 bits per heavy atom. The third-order valence-electron chi connectivity index (χ3n) is 4.50. The standard InChI is InChI=1S/C17H22N4O3/c1-9-4-10(2)18-16(23)15(9)17(24)21-7-12(14(22)8-21)6-13-5-11(3)19-20-13/h4-5,12,14,22H,6-8H2,1-3H3,(H,18,23)(H,19,20)/t12-,14+/m1/s1. The molecule has 0 bridgehead atoms. The van der Waals surface area contributed by atoms with E-state index in [9.17, 15) is 14.7 Å². The highest BCUT2D eigenvalue weighted by Crippen LogP contribution is 2.23. The van der Waals surface area contributed by atoms with Gasteiger partial charge in [0.15, 0.2) is 0 Å². The summed E-state index contributed by atoms with van der Waals surface area (Å²) in [6.07, 6.45) is -0.0192. The summed E-state index contributed by atoms with van der Waals surface area (Å²) in [6, 6.07) is 3.72. The van der Waals surface area contributed by atoms with Gasteiger partial charge in [-0.05, 0) is 44.9 Å². The number of hydrogen-bond acceptors (Lipinski definition) is 4. The fourth-order valence-electron chi connectivity index (χ4n) is 3.35. The van der Waals surface area contributed by atoms with Crippen molar-refractivity contribution in [3.05, 3.63) is 50.7 Å². The number of nitrogens with one attached hydrogen (secondary N) is 2. The maximum atomic E-state index is 12.7. The van der Waals surface area contributed by atoms with E-state index in [1.54, 1.807) is 24.8 Å². The number of hydrogen-bond donors (Lipinski definition) is 3. The minimum atomic E-state index is -0.615. The molecule has 1 saturated heterocycles. The van der Waals surface area contributed by atoms with Crippen LogP contribution in [0.2, 0.25) is 0 Å². The molecule has 2 aromatic rings. The third kappa shape index (κ3) is 3.12. The average Bonchev–Trinajstić information content (AvgIpc) is 3.05. The predicted octanol–water partition coefficient (Wildman–Crippen LogP) is 0.699. The van der Waals surface area contributed by atoms with Crippen molar-refractivity contribution in [2.24, 2.45) is 5.92 Å². The fourth-order valence-corrected chi connectivity index (χ4v) is 3.35. The molecule has 0 aliphatic carbocycles. The fraction of sp³-hybridized carbons (Fsp3) is 0.471. The van der Waals surface area contributed by atoms with Crippen LogP contribution in [0, 0.1) is 26.7 Å². The second-order valence-corrected chi connectivity index (χ2v) is 6.62.